The summed E-state index contributed by atoms with van der Waals surface area (Å²) in [5, 5.41) is 9.77. The Kier molecular flexibility index (Phi) is 4.32. The van der Waals surface area contributed by atoms with Crippen LogP contribution in [0.2, 0.25) is 0 Å². The van der Waals surface area contributed by atoms with Gasteiger partial charge in [0.2, 0.25) is 0 Å². The van der Waals surface area contributed by atoms with Crippen molar-refractivity contribution in [2.45, 2.75) is 26.2 Å². The molecule has 0 fully saturated rings. The van der Waals surface area contributed by atoms with E-state index in [0.717, 1.165) is 33.6 Å². The van der Waals surface area contributed by atoms with E-state index in [-0.39, 0.29) is 12.4 Å². The molecule has 27 heavy (non-hydrogen) atoms. The largest absolute Gasteiger partial charge is 0.396 e. The minimum Gasteiger partial charge on any atom is -0.396 e. The monoisotopic (exact) mass is 361 g/mol. The molecular weight excluding hydrogens is 338 g/mol. The van der Waals surface area contributed by atoms with E-state index < -0.39 is 5.41 Å². The molecule has 0 amide bonds. The number of aromatic amines is 1. The Hall–Kier alpha value is -2.92. The number of nitrogen functional groups attached to an aromatic ring is 1. The van der Waals surface area contributed by atoms with Gasteiger partial charge in [0.05, 0.1) is 5.69 Å². The van der Waals surface area contributed by atoms with E-state index in [9.17, 15) is 9.90 Å². The van der Waals surface area contributed by atoms with Gasteiger partial charge in [0, 0.05) is 47.9 Å². The topological polar surface area (TPSA) is 92.0 Å². The molecule has 0 bridgehead atoms. The first kappa shape index (κ1) is 17.5. The predicted octanol–water partition coefficient (Wildman–Crippen LogP) is 3.38. The molecule has 1 aliphatic rings. The Morgan fingerprint density at radius 2 is 2.00 bits per heavy atom. The zero-order valence-corrected chi connectivity index (χ0v) is 15.3. The summed E-state index contributed by atoms with van der Waals surface area (Å²) >= 11 is 0. The van der Waals surface area contributed by atoms with Gasteiger partial charge < -0.3 is 15.8 Å². The number of rotatable bonds is 4. The number of aromatic nitrogens is 2. The van der Waals surface area contributed by atoms with E-state index in [1.54, 1.807) is 6.20 Å². The Balaban J connectivity index is 1.88. The fourth-order valence-corrected chi connectivity index (χ4v) is 3.97. The van der Waals surface area contributed by atoms with Crippen molar-refractivity contribution < 1.29 is 9.90 Å². The maximum absolute atomic E-state index is 13.0. The van der Waals surface area contributed by atoms with Crippen molar-refractivity contribution in [1.82, 2.24) is 9.97 Å². The normalized spacial score (nSPS) is 19.1. The van der Waals surface area contributed by atoms with E-state index in [0.29, 0.717) is 25.1 Å². The molecule has 5 heteroatoms. The van der Waals surface area contributed by atoms with Crippen LogP contribution < -0.4 is 5.73 Å². The molecule has 3 aromatic rings. The number of nitrogens with one attached hydrogen (secondary N) is 1. The van der Waals surface area contributed by atoms with Crippen LogP contribution in [0.1, 0.15) is 40.5 Å². The molecule has 1 aliphatic carbocycles. The molecule has 2 aromatic heterocycles. The van der Waals surface area contributed by atoms with Crippen LogP contribution in [0.5, 0.6) is 0 Å². The number of nitrogens with two attached hydrogens (primary N) is 1. The first-order valence-corrected chi connectivity index (χ1v) is 9.13. The molecular formula is C22H23N3O2. The van der Waals surface area contributed by atoms with Crippen LogP contribution in [0.3, 0.4) is 0 Å². The zero-order valence-electron chi connectivity index (χ0n) is 15.3. The second-order valence-electron chi connectivity index (χ2n) is 7.71. The minimum atomic E-state index is -0.423. The second-order valence-corrected chi connectivity index (χ2v) is 7.71. The molecule has 138 valence electrons. The number of aliphatic hydroxyl groups is 1. The van der Waals surface area contributed by atoms with Crippen molar-refractivity contribution in [3.05, 3.63) is 71.0 Å². The van der Waals surface area contributed by atoms with Crippen molar-refractivity contribution in [1.29, 1.82) is 0 Å². The van der Waals surface area contributed by atoms with Crippen LogP contribution in [0, 0.1) is 5.41 Å². The molecule has 5 nitrogen and oxygen atoms in total. The number of hydrogen-bond donors (Lipinski definition) is 3. The molecule has 4 N–H and O–H groups in total. The SMILES string of the molecule is CC1(CO)CC(=O)c2c([nH]c(-c3ccnc(N)c3)c2Cc2ccccc2)C1. The molecule has 1 atom stereocenters. The molecule has 0 saturated carbocycles. The minimum absolute atomic E-state index is 0.0112. The molecule has 1 unspecified atom stereocenters. The van der Waals surface area contributed by atoms with Gasteiger partial charge in [-0.25, -0.2) is 4.98 Å². The number of fused-ring (bicyclic) bond motifs is 1. The number of benzene rings is 1. The van der Waals surface area contributed by atoms with E-state index in [1.807, 2.05) is 37.3 Å². The van der Waals surface area contributed by atoms with Gasteiger partial charge in [-0.15, -0.1) is 0 Å². The Morgan fingerprint density at radius 3 is 2.70 bits per heavy atom. The van der Waals surface area contributed by atoms with Crippen molar-refractivity contribution >= 4 is 11.6 Å². The van der Waals surface area contributed by atoms with Crippen LogP contribution in [-0.2, 0) is 12.8 Å². The lowest BCUT2D eigenvalue weighted by atomic mass is 9.74. The first-order valence-electron chi connectivity index (χ1n) is 9.13. The van der Waals surface area contributed by atoms with Crippen molar-refractivity contribution in [3.63, 3.8) is 0 Å². The maximum Gasteiger partial charge on any atom is 0.165 e. The molecule has 0 spiro atoms. The number of Topliss-reactive ketones (excluding diaryl/α,β-unsaturated/α-hetero) is 1. The third-order valence-corrected chi connectivity index (χ3v) is 5.33. The Labute approximate surface area is 158 Å². The molecule has 0 saturated heterocycles. The third kappa shape index (κ3) is 3.26. The fraction of sp³-hybridized carbons (Fsp3) is 0.273. The van der Waals surface area contributed by atoms with Gasteiger partial charge >= 0.3 is 0 Å². The molecule has 0 aliphatic heterocycles. The van der Waals surface area contributed by atoms with E-state index in [2.05, 4.69) is 22.1 Å². The quantitative estimate of drug-likeness (QED) is 0.664. The van der Waals surface area contributed by atoms with Crippen LogP contribution in [-0.4, -0.2) is 27.5 Å². The summed E-state index contributed by atoms with van der Waals surface area (Å²) in [6.45, 7) is 1.94. The summed E-state index contributed by atoms with van der Waals surface area (Å²) in [5.41, 5.74) is 11.1. The molecule has 1 aromatic carbocycles. The smallest absolute Gasteiger partial charge is 0.165 e. The van der Waals surface area contributed by atoms with Crippen LogP contribution >= 0.6 is 0 Å². The number of pyridine rings is 1. The number of aliphatic hydroxyl groups excluding tert-OH is 1. The van der Waals surface area contributed by atoms with E-state index >= 15 is 0 Å². The van der Waals surface area contributed by atoms with Crippen molar-refractivity contribution in [2.24, 2.45) is 5.41 Å². The average molecular weight is 361 g/mol. The Morgan fingerprint density at radius 1 is 1.22 bits per heavy atom. The van der Waals surface area contributed by atoms with E-state index in [4.69, 9.17) is 5.73 Å². The lowest BCUT2D eigenvalue weighted by Crippen LogP contribution is -2.33. The lowest BCUT2D eigenvalue weighted by molar-refractivity contribution is 0.0784. The summed E-state index contributed by atoms with van der Waals surface area (Å²) < 4.78 is 0. The van der Waals surface area contributed by atoms with Gasteiger partial charge in [0.25, 0.3) is 0 Å². The predicted molar refractivity (Wildman–Crippen MR) is 106 cm³/mol. The van der Waals surface area contributed by atoms with Crippen molar-refractivity contribution in [3.8, 4) is 11.3 Å². The first-order chi connectivity index (χ1) is 13.0. The number of ketones is 1. The summed E-state index contributed by atoms with van der Waals surface area (Å²) in [7, 11) is 0. The number of carbonyl (C=O) groups excluding carboxylic acids is 1. The van der Waals surface area contributed by atoms with Crippen LogP contribution in [0.15, 0.2) is 48.7 Å². The molecule has 4 rings (SSSR count). The van der Waals surface area contributed by atoms with Crippen molar-refractivity contribution in [2.75, 3.05) is 12.3 Å². The number of hydrogen-bond acceptors (Lipinski definition) is 4. The van der Waals surface area contributed by atoms with Gasteiger partial charge in [-0.2, -0.15) is 0 Å². The highest BCUT2D eigenvalue weighted by molar-refractivity contribution is 6.02. The second kappa shape index (κ2) is 6.67. The van der Waals surface area contributed by atoms with Gasteiger partial charge in [0.1, 0.15) is 5.82 Å². The summed E-state index contributed by atoms with van der Waals surface area (Å²) in [4.78, 5) is 20.6. The lowest BCUT2D eigenvalue weighted by Gasteiger charge is -2.30. The molecule has 0 radical (unpaired) electrons. The average Bonchev–Trinajstić information content (AvgIpc) is 3.01. The van der Waals surface area contributed by atoms with Crippen LogP contribution in [0.25, 0.3) is 11.3 Å². The van der Waals surface area contributed by atoms with E-state index in [1.165, 1.54) is 0 Å². The fourth-order valence-electron chi connectivity index (χ4n) is 3.97. The van der Waals surface area contributed by atoms with Gasteiger partial charge in [-0.3, -0.25) is 4.79 Å². The van der Waals surface area contributed by atoms with Crippen LogP contribution in [0.4, 0.5) is 5.82 Å². The van der Waals surface area contributed by atoms with Gasteiger partial charge in [0.15, 0.2) is 5.78 Å². The number of anilines is 1. The summed E-state index contributed by atoms with van der Waals surface area (Å²) in [5.74, 6) is 0.528. The van der Waals surface area contributed by atoms with Gasteiger partial charge in [-0.05, 0) is 29.7 Å². The van der Waals surface area contributed by atoms with Gasteiger partial charge in [-0.1, -0.05) is 37.3 Å². The highest BCUT2D eigenvalue weighted by Gasteiger charge is 2.38. The maximum atomic E-state index is 13.0. The Bertz CT molecular complexity index is 994. The third-order valence-electron chi connectivity index (χ3n) is 5.33. The number of carbonyl (C=O) groups is 1. The number of nitrogens with zero attached hydrogens (tertiary/aromatic N) is 1. The summed E-state index contributed by atoms with van der Waals surface area (Å²) in [6, 6.07) is 13.8. The zero-order chi connectivity index (χ0) is 19.0. The summed E-state index contributed by atoms with van der Waals surface area (Å²) in [6.07, 6.45) is 3.34. The highest BCUT2D eigenvalue weighted by Crippen LogP contribution is 2.40. The molecule has 2 heterocycles. The highest BCUT2D eigenvalue weighted by atomic mass is 16.3. The standard InChI is InChI=1S/C22H23N3O2/c1-22(13-26)11-17-20(18(27)12-22)16(9-14-5-3-2-4-6-14)21(25-17)15-7-8-24-19(23)10-15/h2-8,10,25-26H,9,11-13H2,1H3,(H2,23,24). The number of H-pyrrole nitrogens is 1.